The molecule has 0 radical (unpaired) electrons. The molecule has 5 nitrogen and oxygen atoms in total. The van der Waals surface area contributed by atoms with Gasteiger partial charge in [0.25, 0.3) is 5.91 Å². The van der Waals surface area contributed by atoms with Gasteiger partial charge >= 0.3 is 0 Å². The van der Waals surface area contributed by atoms with Crippen LogP contribution in [0.15, 0.2) is 60.9 Å². The van der Waals surface area contributed by atoms with Gasteiger partial charge in [0, 0.05) is 32.1 Å². The van der Waals surface area contributed by atoms with Gasteiger partial charge in [0.1, 0.15) is 11.3 Å². The molecular formula is C23H25N3O2. The Kier molecular flexibility index (Phi) is 5.53. The first-order valence-electron chi connectivity index (χ1n) is 9.77. The van der Waals surface area contributed by atoms with Crippen molar-refractivity contribution in [3.63, 3.8) is 0 Å². The highest BCUT2D eigenvalue weighted by molar-refractivity contribution is 5.93. The summed E-state index contributed by atoms with van der Waals surface area (Å²) >= 11 is 0. The summed E-state index contributed by atoms with van der Waals surface area (Å²) in [4.78, 5) is 19.6. The molecule has 5 heteroatoms. The van der Waals surface area contributed by atoms with Crippen molar-refractivity contribution in [3.8, 4) is 0 Å². The van der Waals surface area contributed by atoms with Crippen LogP contribution in [-0.4, -0.2) is 46.0 Å². The van der Waals surface area contributed by atoms with Crippen LogP contribution < -0.4 is 0 Å². The smallest absolute Gasteiger partial charge is 0.274 e. The van der Waals surface area contributed by atoms with E-state index in [0.29, 0.717) is 18.8 Å². The topological polar surface area (TPSA) is 46.8 Å². The Hall–Kier alpha value is -2.92. The highest BCUT2D eigenvalue weighted by Crippen LogP contribution is 2.16. The molecule has 1 saturated heterocycles. The fourth-order valence-corrected chi connectivity index (χ4v) is 3.50. The molecular weight excluding hydrogens is 350 g/mol. The molecule has 0 aliphatic carbocycles. The molecule has 144 valence electrons. The fraction of sp³-hybridized carbons (Fsp3) is 0.304. The number of nitrogens with zero attached hydrogens (tertiary/aromatic N) is 3. The lowest BCUT2D eigenvalue weighted by atomic mass is 10.2. The number of benzene rings is 1. The molecule has 1 unspecified atom stereocenters. The molecule has 1 aromatic carbocycles. The fourth-order valence-electron chi connectivity index (χ4n) is 3.50. The molecule has 1 amide bonds. The minimum absolute atomic E-state index is 0.0606. The predicted octanol–water partition coefficient (Wildman–Crippen LogP) is 3.98. The molecule has 0 spiro atoms. The Balaban J connectivity index is 1.53. The number of carbonyl (C=O) groups excluding carboxylic acids is 1. The van der Waals surface area contributed by atoms with Crippen LogP contribution in [0.3, 0.4) is 0 Å². The van der Waals surface area contributed by atoms with Gasteiger partial charge in [0.05, 0.1) is 6.10 Å². The third kappa shape index (κ3) is 4.31. The van der Waals surface area contributed by atoms with E-state index < -0.39 is 0 Å². The number of imidazole rings is 1. The summed E-state index contributed by atoms with van der Waals surface area (Å²) < 4.78 is 7.66. The standard InChI is InChI=1S/C23H25N3O2/c1-18-11-13-25-17-21(24-22(25)15-18)23(27)26(16-20-10-6-14-28-20)12-5-9-19-7-3-2-4-8-19/h2-5,7-9,11,13,15,17,20H,6,10,12,14,16H2,1H3. The number of aryl methyl sites for hydroxylation is 1. The molecule has 28 heavy (non-hydrogen) atoms. The molecule has 1 aliphatic rings. The third-order valence-electron chi connectivity index (χ3n) is 5.01. The van der Waals surface area contributed by atoms with Crippen molar-refractivity contribution in [1.29, 1.82) is 0 Å². The van der Waals surface area contributed by atoms with E-state index in [9.17, 15) is 4.79 Å². The van der Waals surface area contributed by atoms with Crippen LogP contribution in [-0.2, 0) is 4.74 Å². The van der Waals surface area contributed by atoms with Gasteiger partial charge in [0.15, 0.2) is 0 Å². The molecule has 4 rings (SSSR count). The molecule has 1 fully saturated rings. The lowest BCUT2D eigenvalue weighted by Crippen LogP contribution is -2.37. The van der Waals surface area contributed by atoms with E-state index in [-0.39, 0.29) is 12.0 Å². The van der Waals surface area contributed by atoms with Crippen LogP contribution in [0.5, 0.6) is 0 Å². The van der Waals surface area contributed by atoms with Gasteiger partial charge in [-0.25, -0.2) is 4.98 Å². The minimum Gasteiger partial charge on any atom is -0.376 e. The SMILES string of the molecule is Cc1ccn2cc(C(=O)N(CC=Cc3ccccc3)CC3CCCO3)nc2c1. The summed E-state index contributed by atoms with van der Waals surface area (Å²) in [6.07, 6.45) is 9.98. The number of hydrogen-bond donors (Lipinski definition) is 0. The van der Waals surface area contributed by atoms with Crippen LogP contribution in [0.1, 0.15) is 34.5 Å². The third-order valence-corrected chi connectivity index (χ3v) is 5.01. The largest absolute Gasteiger partial charge is 0.376 e. The van der Waals surface area contributed by atoms with Crippen LogP contribution >= 0.6 is 0 Å². The summed E-state index contributed by atoms with van der Waals surface area (Å²) in [5.41, 5.74) is 3.51. The minimum atomic E-state index is -0.0606. The zero-order valence-electron chi connectivity index (χ0n) is 16.1. The number of amides is 1. The summed E-state index contributed by atoms with van der Waals surface area (Å²) in [7, 11) is 0. The van der Waals surface area contributed by atoms with Crippen LogP contribution in [0.25, 0.3) is 11.7 Å². The molecule has 0 saturated carbocycles. The van der Waals surface area contributed by atoms with Crippen molar-refractivity contribution >= 4 is 17.6 Å². The number of fused-ring (bicyclic) bond motifs is 1. The maximum Gasteiger partial charge on any atom is 0.274 e. The van der Waals surface area contributed by atoms with E-state index >= 15 is 0 Å². The second kappa shape index (κ2) is 8.40. The number of hydrogen-bond acceptors (Lipinski definition) is 3. The van der Waals surface area contributed by atoms with Gasteiger partial charge in [0.2, 0.25) is 0 Å². The average molecular weight is 375 g/mol. The second-order valence-electron chi connectivity index (χ2n) is 7.25. The van der Waals surface area contributed by atoms with E-state index in [2.05, 4.69) is 4.98 Å². The number of aromatic nitrogens is 2. The highest BCUT2D eigenvalue weighted by Gasteiger charge is 2.24. The molecule has 1 aliphatic heterocycles. The Morgan fingerprint density at radius 1 is 1.32 bits per heavy atom. The number of ether oxygens (including phenoxy) is 1. The lowest BCUT2D eigenvalue weighted by Gasteiger charge is -2.23. The first-order valence-corrected chi connectivity index (χ1v) is 9.77. The van der Waals surface area contributed by atoms with Crippen molar-refractivity contribution in [3.05, 3.63) is 77.8 Å². The Bertz CT molecular complexity index is 972. The zero-order valence-corrected chi connectivity index (χ0v) is 16.1. The molecule has 0 N–H and O–H groups in total. The first kappa shape index (κ1) is 18.4. The van der Waals surface area contributed by atoms with Crippen molar-refractivity contribution in [2.24, 2.45) is 0 Å². The maximum absolute atomic E-state index is 13.2. The molecule has 2 aromatic heterocycles. The van der Waals surface area contributed by atoms with Crippen molar-refractivity contribution < 1.29 is 9.53 Å². The lowest BCUT2D eigenvalue weighted by molar-refractivity contribution is 0.0550. The van der Waals surface area contributed by atoms with E-state index in [4.69, 9.17) is 4.74 Å². The van der Waals surface area contributed by atoms with Gasteiger partial charge in [-0.1, -0.05) is 42.5 Å². The molecule has 3 heterocycles. The number of pyridine rings is 1. The Morgan fingerprint density at radius 3 is 2.96 bits per heavy atom. The van der Waals surface area contributed by atoms with Gasteiger partial charge in [-0.2, -0.15) is 0 Å². The second-order valence-corrected chi connectivity index (χ2v) is 7.25. The van der Waals surface area contributed by atoms with Crippen molar-refractivity contribution in [2.75, 3.05) is 19.7 Å². The monoisotopic (exact) mass is 375 g/mol. The summed E-state index contributed by atoms with van der Waals surface area (Å²) in [5, 5.41) is 0. The van der Waals surface area contributed by atoms with Crippen molar-refractivity contribution in [1.82, 2.24) is 14.3 Å². The maximum atomic E-state index is 13.2. The Morgan fingerprint density at radius 2 is 2.18 bits per heavy atom. The summed E-state index contributed by atoms with van der Waals surface area (Å²) in [5.74, 6) is -0.0606. The van der Waals surface area contributed by atoms with E-state index in [1.807, 2.05) is 77.0 Å². The van der Waals surface area contributed by atoms with Crippen molar-refractivity contribution in [2.45, 2.75) is 25.9 Å². The van der Waals surface area contributed by atoms with E-state index in [0.717, 1.165) is 36.2 Å². The predicted molar refractivity (Wildman–Crippen MR) is 110 cm³/mol. The van der Waals surface area contributed by atoms with Crippen LogP contribution in [0.4, 0.5) is 0 Å². The summed E-state index contributed by atoms with van der Waals surface area (Å²) in [6, 6.07) is 14.1. The first-order chi connectivity index (χ1) is 13.7. The number of rotatable bonds is 6. The molecule has 3 aromatic rings. The molecule has 1 atom stereocenters. The van der Waals surface area contributed by atoms with Crippen LogP contribution in [0.2, 0.25) is 0 Å². The van der Waals surface area contributed by atoms with Gasteiger partial charge in [-0.15, -0.1) is 0 Å². The highest BCUT2D eigenvalue weighted by atomic mass is 16.5. The zero-order chi connectivity index (χ0) is 19.3. The van der Waals surface area contributed by atoms with E-state index in [1.165, 1.54) is 0 Å². The normalized spacial score (nSPS) is 16.8. The van der Waals surface area contributed by atoms with Gasteiger partial charge in [-0.3, -0.25) is 4.79 Å². The van der Waals surface area contributed by atoms with Crippen LogP contribution in [0, 0.1) is 6.92 Å². The van der Waals surface area contributed by atoms with Gasteiger partial charge < -0.3 is 14.0 Å². The molecule has 0 bridgehead atoms. The summed E-state index contributed by atoms with van der Waals surface area (Å²) in [6.45, 7) is 3.92. The quantitative estimate of drug-likeness (QED) is 0.655. The number of carbonyl (C=O) groups is 1. The Labute approximate surface area is 165 Å². The van der Waals surface area contributed by atoms with E-state index in [1.54, 1.807) is 6.20 Å². The average Bonchev–Trinajstić information content (AvgIpc) is 3.36. The van der Waals surface area contributed by atoms with Gasteiger partial charge in [-0.05, 0) is 43.0 Å².